The minimum Gasteiger partial charge on any atom is -0.340 e. The van der Waals surface area contributed by atoms with Crippen LogP contribution in [0.5, 0.6) is 0 Å². The Morgan fingerprint density at radius 2 is 2.00 bits per heavy atom. The minimum absolute atomic E-state index is 0.258. The molecule has 1 aromatic carbocycles. The van der Waals surface area contributed by atoms with Crippen molar-refractivity contribution in [2.24, 2.45) is 0 Å². The van der Waals surface area contributed by atoms with Crippen molar-refractivity contribution in [2.75, 3.05) is 23.3 Å². The number of amides is 1. The molecule has 3 heterocycles. The second-order valence-corrected chi connectivity index (χ2v) is 8.24. The Labute approximate surface area is 174 Å². The summed E-state index contributed by atoms with van der Waals surface area (Å²) in [5.41, 5.74) is 2.88. The van der Waals surface area contributed by atoms with Gasteiger partial charge in [-0.3, -0.25) is 10.1 Å². The van der Waals surface area contributed by atoms with E-state index < -0.39 is 0 Å². The monoisotopic (exact) mass is 408 g/mol. The van der Waals surface area contributed by atoms with Crippen LogP contribution in [0.4, 0.5) is 11.9 Å². The van der Waals surface area contributed by atoms with E-state index in [2.05, 4.69) is 62.4 Å². The number of anilines is 2. The van der Waals surface area contributed by atoms with Crippen LogP contribution in [0.2, 0.25) is 0 Å². The summed E-state index contributed by atoms with van der Waals surface area (Å²) in [6.45, 7) is 6.03. The molecule has 1 saturated heterocycles. The number of rotatable bonds is 5. The van der Waals surface area contributed by atoms with Gasteiger partial charge in [0.05, 0.1) is 5.56 Å². The zero-order valence-corrected chi connectivity index (χ0v) is 17.4. The van der Waals surface area contributed by atoms with Crippen LogP contribution in [0, 0.1) is 13.8 Å². The summed E-state index contributed by atoms with van der Waals surface area (Å²) in [6.07, 6.45) is 5.23. The van der Waals surface area contributed by atoms with Crippen LogP contribution < -0.4 is 10.2 Å². The molecule has 3 aromatic rings. The van der Waals surface area contributed by atoms with E-state index in [0.717, 1.165) is 36.4 Å². The standard InChI is InChI=1S/C21H24N6OS/c1-14-8-9-17(15(2)13-14)29-19-16(7-6-10-22-19)18(28)23-20-24-21(26-25-20)27-11-4-3-5-12-27/h6-10,13H,3-5,11-12H2,1-2H3,(H2,23,24,25,26,28). The molecule has 0 spiro atoms. The largest absolute Gasteiger partial charge is 0.340 e. The molecule has 1 fully saturated rings. The number of nitrogens with zero attached hydrogens (tertiary/aromatic N) is 4. The third-order valence-electron chi connectivity index (χ3n) is 4.90. The SMILES string of the molecule is Cc1ccc(Sc2ncccc2C(=O)Nc2nc(N3CCCCC3)n[nH]2)c(C)c1. The van der Waals surface area contributed by atoms with Gasteiger partial charge in [0, 0.05) is 24.2 Å². The van der Waals surface area contributed by atoms with Crippen LogP contribution in [-0.4, -0.2) is 39.2 Å². The Balaban J connectivity index is 1.50. The molecule has 4 rings (SSSR count). The van der Waals surface area contributed by atoms with Crippen molar-refractivity contribution in [2.45, 2.75) is 43.0 Å². The molecule has 0 unspecified atom stereocenters. The molecule has 0 atom stereocenters. The number of aromatic amines is 1. The Bertz CT molecular complexity index is 1010. The maximum absolute atomic E-state index is 12.9. The number of nitrogens with one attached hydrogen (secondary N) is 2. The van der Waals surface area contributed by atoms with E-state index in [1.807, 2.05) is 0 Å². The summed E-state index contributed by atoms with van der Waals surface area (Å²) in [4.78, 5) is 25.0. The van der Waals surface area contributed by atoms with Crippen LogP contribution in [0.15, 0.2) is 46.5 Å². The Morgan fingerprint density at radius 1 is 1.17 bits per heavy atom. The highest BCUT2D eigenvalue weighted by atomic mass is 32.2. The van der Waals surface area contributed by atoms with Gasteiger partial charge in [0.25, 0.3) is 5.91 Å². The van der Waals surface area contributed by atoms with E-state index >= 15 is 0 Å². The fraction of sp³-hybridized carbons (Fsp3) is 0.333. The summed E-state index contributed by atoms with van der Waals surface area (Å²) >= 11 is 1.49. The molecule has 1 aliphatic heterocycles. The number of carbonyl (C=O) groups is 1. The minimum atomic E-state index is -0.258. The third-order valence-corrected chi connectivity index (χ3v) is 6.09. The van der Waals surface area contributed by atoms with Gasteiger partial charge < -0.3 is 4.90 Å². The van der Waals surface area contributed by atoms with Crippen LogP contribution in [0.3, 0.4) is 0 Å². The van der Waals surface area contributed by atoms with Gasteiger partial charge in [0.1, 0.15) is 5.03 Å². The van der Waals surface area contributed by atoms with Crippen molar-refractivity contribution in [1.82, 2.24) is 20.2 Å². The van der Waals surface area contributed by atoms with Gasteiger partial charge in [0.2, 0.25) is 11.9 Å². The van der Waals surface area contributed by atoms with Gasteiger partial charge in [-0.1, -0.05) is 29.5 Å². The molecule has 29 heavy (non-hydrogen) atoms. The average molecular weight is 409 g/mol. The van der Waals surface area contributed by atoms with Crippen LogP contribution >= 0.6 is 11.8 Å². The molecule has 2 aromatic heterocycles. The Hall–Kier alpha value is -2.87. The number of hydrogen-bond acceptors (Lipinski definition) is 6. The highest BCUT2D eigenvalue weighted by Gasteiger charge is 2.18. The fourth-order valence-electron chi connectivity index (χ4n) is 3.38. The van der Waals surface area contributed by atoms with E-state index in [1.165, 1.54) is 23.7 Å². The lowest BCUT2D eigenvalue weighted by Crippen LogP contribution is -2.30. The molecular weight excluding hydrogens is 384 g/mol. The predicted octanol–water partition coefficient (Wildman–Crippen LogP) is 4.21. The zero-order chi connectivity index (χ0) is 20.2. The van der Waals surface area contributed by atoms with Gasteiger partial charge in [0.15, 0.2) is 0 Å². The third kappa shape index (κ3) is 4.59. The predicted molar refractivity (Wildman–Crippen MR) is 115 cm³/mol. The maximum atomic E-state index is 12.9. The van der Waals surface area contributed by atoms with Crippen LogP contribution in [0.1, 0.15) is 40.7 Å². The lowest BCUT2D eigenvalue weighted by atomic mass is 10.1. The summed E-state index contributed by atoms with van der Waals surface area (Å²) in [6, 6.07) is 9.79. The number of carbonyl (C=O) groups excluding carboxylic acids is 1. The number of piperidine rings is 1. The van der Waals surface area contributed by atoms with E-state index in [4.69, 9.17) is 0 Å². The topological polar surface area (TPSA) is 86.8 Å². The summed E-state index contributed by atoms with van der Waals surface area (Å²) in [5.74, 6) is 0.727. The molecule has 0 aliphatic carbocycles. The van der Waals surface area contributed by atoms with Gasteiger partial charge in [-0.25, -0.2) is 10.1 Å². The number of aryl methyl sites for hydroxylation is 2. The first-order valence-electron chi connectivity index (χ1n) is 9.79. The summed E-state index contributed by atoms with van der Waals surface area (Å²) in [5, 5.41) is 10.6. The molecule has 0 saturated carbocycles. The lowest BCUT2D eigenvalue weighted by molar-refractivity contribution is 0.102. The molecule has 1 aliphatic rings. The van der Waals surface area contributed by atoms with Crippen LogP contribution in [0.25, 0.3) is 0 Å². The first-order valence-corrected chi connectivity index (χ1v) is 10.6. The van der Waals surface area contributed by atoms with Crippen molar-refractivity contribution < 1.29 is 4.79 Å². The number of pyridine rings is 1. The summed E-state index contributed by atoms with van der Waals surface area (Å²) in [7, 11) is 0. The molecule has 0 radical (unpaired) electrons. The van der Waals surface area contributed by atoms with Gasteiger partial charge in [-0.2, -0.15) is 4.98 Å². The second-order valence-electron chi connectivity index (χ2n) is 7.21. The van der Waals surface area contributed by atoms with Crippen molar-refractivity contribution in [3.05, 3.63) is 53.2 Å². The quantitative estimate of drug-likeness (QED) is 0.658. The van der Waals surface area contributed by atoms with Crippen molar-refractivity contribution in [3.8, 4) is 0 Å². The van der Waals surface area contributed by atoms with Crippen molar-refractivity contribution >= 4 is 29.6 Å². The second kappa shape index (κ2) is 8.65. The van der Waals surface area contributed by atoms with E-state index in [9.17, 15) is 4.79 Å². The number of hydrogen-bond donors (Lipinski definition) is 2. The smallest absolute Gasteiger partial charge is 0.260 e. The lowest BCUT2D eigenvalue weighted by Gasteiger charge is -2.24. The fourth-order valence-corrected chi connectivity index (χ4v) is 4.33. The normalized spacial score (nSPS) is 14.1. The van der Waals surface area contributed by atoms with Crippen molar-refractivity contribution in [3.63, 3.8) is 0 Å². The molecule has 8 heteroatoms. The molecule has 1 amide bonds. The van der Waals surface area contributed by atoms with E-state index in [1.54, 1.807) is 18.3 Å². The average Bonchev–Trinajstić information content (AvgIpc) is 3.19. The summed E-state index contributed by atoms with van der Waals surface area (Å²) < 4.78 is 0. The highest BCUT2D eigenvalue weighted by Crippen LogP contribution is 2.31. The van der Waals surface area contributed by atoms with Gasteiger partial charge in [-0.15, -0.1) is 5.10 Å². The maximum Gasteiger partial charge on any atom is 0.260 e. The van der Waals surface area contributed by atoms with Crippen LogP contribution in [-0.2, 0) is 0 Å². The molecule has 2 N–H and O–H groups in total. The van der Waals surface area contributed by atoms with Gasteiger partial charge >= 0.3 is 0 Å². The number of H-pyrrole nitrogens is 1. The molecule has 150 valence electrons. The van der Waals surface area contributed by atoms with Crippen molar-refractivity contribution in [1.29, 1.82) is 0 Å². The zero-order valence-electron chi connectivity index (χ0n) is 16.6. The van der Waals surface area contributed by atoms with Gasteiger partial charge in [-0.05, 0) is 56.9 Å². The first-order chi connectivity index (χ1) is 14.1. The Kier molecular flexibility index (Phi) is 5.80. The van der Waals surface area contributed by atoms with E-state index in [-0.39, 0.29) is 5.91 Å². The van der Waals surface area contributed by atoms with E-state index in [0.29, 0.717) is 22.5 Å². The Morgan fingerprint density at radius 3 is 2.79 bits per heavy atom. The molecular formula is C21H24N6OS. The highest BCUT2D eigenvalue weighted by molar-refractivity contribution is 7.99. The molecule has 7 nitrogen and oxygen atoms in total. The number of aromatic nitrogens is 4. The molecule has 0 bridgehead atoms. The number of benzene rings is 1. The first kappa shape index (κ1) is 19.4.